The van der Waals surface area contributed by atoms with Gasteiger partial charge in [0.25, 0.3) is 0 Å². The van der Waals surface area contributed by atoms with Gasteiger partial charge in [-0.05, 0) is 17.9 Å². The van der Waals surface area contributed by atoms with Crippen molar-refractivity contribution in [3.8, 4) is 0 Å². The normalized spacial score (nSPS) is 12.9. The van der Waals surface area contributed by atoms with Crippen molar-refractivity contribution in [3.05, 3.63) is 0 Å². The van der Waals surface area contributed by atoms with Crippen molar-refractivity contribution < 1.29 is 4.79 Å². The summed E-state index contributed by atoms with van der Waals surface area (Å²) >= 11 is 1.29. The molecule has 0 saturated carbocycles. The Bertz CT molecular complexity index is 118. The Labute approximate surface area is 59.9 Å². The molecule has 0 heterocycles. The van der Waals surface area contributed by atoms with E-state index in [0.717, 1.165) is 0 Å². The van der Waals surface area contributed by atoms with E-state index in [1.165, 1.54) is 18.0 Å². The molecule has 0 aliphatic carbocycles. The van der Waals surface area contributed by atoms with Gasteiger partial charge in [-0.15, -0.1) is 4.40 Å². The molecule has 52 valence electrons. The van der Waals surface area contributed by atoms with Gasteiger partial charge >= 0.3 is 0 Å². The quantitative estimate of drug-likeness (QED) is 0.345. The highest BCUT2D eigenvalue weighted by atomic mass is 32.2. The van der Waals surface area contributed by atoms with Crippen molar-refractivity contribution in [1.29, 1.82) is 0 Å². The highest BCUT2D eigenvalue weighted by Crippen LogP contribution is 2.18. The van der Waals surface area contributed by atoms with Crippen LogP contribution in [0.15, 0.2) is 4.40 Å². The van der Waals surface area contributed by atoms with Crippen LogP contribution < -0.4 is 0 Å². The van der Waals surface area contributed by atoms with Gasteiger partial charge in [0.05, 0.1) is 0 Å². The molecule has 0 saturated heterocycles. The zero-order valence-corrected chi connectivity index (χ0v) is 6.73. The van der Waals surface area contributed by atoms with Crippen LogP contribution in [0.4, 0.5) is 0 Å². The van der Waals surface area contributed by atoms with E-state index >= 15 is 0 Å². The van der Waals surface area contributed by atoms with E-state index in [1.807, 2.05) is 6.92 Å². The van der Waals surface area contributed by atoms with E-state index in [0.29, 0.717) is 11.2 Å². The van der Waals surface area contributed by atoms with Crippen LogP contribution in [0.1, 0.15) is 20.8 Å². The molecule has 0 radical (unpaired) electrons. The zero-order chi connectivity index (χ0) is 7.28. The zero-order valence-electron chi connectivity index (χ0n) is 5.92. The molecule has 0 aromatic rings. The van der Waals surface area contributed by atoms with Gasteiger partial charge in [0, 0.05) is 5.25 Å². The Kier molecular flexibility index (Phi) is 4.46. The van der Waals surface area contributed by atoms with Crippen LogP contribution in [0.3, 0.4) is 0 Å². The fourth-order valence-corrected chi connectivity index (χ4v) is 0.679. The van der Waals surface area contributed by atoms with E-state index in [2.05, 4.69) is 18.2 Å². The SMILES string of the molecule is CC(C)C(C)SN=C=O. The summed E-state index contributed by atoms with van der Waals surface area (Å²) in [6.07, 6.45) is 1.49. The number of nitrogens with zero attached hydrogens (tertiary/aromatic N) is 1. The molecule has 9 heavy (non-hydrogen) atoms. The Hall–Kier alpha value is -0.270. The summed E-state index contributed by atoms with van der Waals surface area (Å²) in [6, 6.07) is 0. The fraction of sp³-hybridized carbons (Fsp3) is 0.833. The topological polar surface area (TPSA) is 29.4 Å². The molecule has 0 aliphatic heterocycles. The smallest absolute Gasteiger partial charge is 0.210 e. The Morgan fingerprint density at radius 3 is 2.33 bits per heavy atom. The largest absolute Gasteiger partial charge is 0.247 e. The minimum Gasteiger partial charge on any atom is -0.210 e. The summed E-state index contributed by atoms with van der Waals surface area (Å²) in [5.41, 5.74) is 0. The van der Waals surface area contributed by atoms with E-state index in [9.17, 15) is 4.79 Å². The van der Waals surface area contributed by atoms with Crippen LogP contribution in [0, 0.1) is 5.92 Å². The predicted octanol–water partition coefficient (Wildman–Crippen LogP) is 2.01. The predicted molar refractivity (Wildman–Crippen MR) is 40.0 cm³/mol. The van der Waals surface area contributed by atoms with Crippen LogP contribution in [0.25, 0.3) is 0 Å². The van der Waals surface area contributed by atoms with Gasteiger partial charge in [-0.1, -0.05) is 20.8 Å². The molecule has 0 aliphatic rings. The molecule has 0 N–H and O–H groups in total. The van der Waals surface area contributed by atoms with Gasteiger partial charge in [0.2, 0.25) is 6.08 Å². The van der Waals surface area contributed by atoms with Gasteiger partial charge in [0.1, 0.15) is 0 Å². The molecular weight excluding hydrogens is 134 g/mol. The molecule has 2 nitrogen and oxygen atoms in total. The molecule has 0 aromatic carbocycles. The first-order valence-corrected chi connectivity index (χ1v) is 3.75. The lowest BCUT2D eigenvalue weighted by atomic mass is 10.2. The summed E-state index contributed by atoms with van der Waals surface area (Å²) in [5, 5.41) is 0.409. The third-order valence-corrected chi connectivity index (χ3v) is 2.25. The van der Waals surface area contributed by atoms with Crippen molar-refractivity contribution in [2.24, 2.45) is 10.3 Å². The molecule has 1 atom stereocenters. The first-order valence-electron chi connectivity index (χ1n) is 2.91. The van der Waals surface area contributed by atoms with Gasteiger partial charge in [-0.25, -0.2) is 4.79 Å². The molecule has 3 heteroatoms. The maximum Gasteiger partial charge on any atom is 0.247 e. The summed E-state index contributed by atoms with van der Waals surface area (Å²) in [7, 11) is 0. The van der Waals surface area contributed by atoms with Crippen LogP contribution in [-0.4, -0.2) is 11.3 Å². The Morgan fingerprint density at radius 1 is 1.44 bits per heavy atom. The second-order valence-corrected chi connectivity index (χ2v) is 3.37. The maximum absolute atomic E-state index is 9.62. The van der Waals surface area contributed by atoms with Crippen LogP contribution in [0.2, 0.25) is 0 Å². The lowest BCUT2D eigenvalue weighted by molar-refractivity contribution is 0.566. The first kappa shape index (κ1) is 8.73. The van der Waals surface area contributed by atoms with Crippen LogP contribution >= 0.6 is 11.9 Å². The molecular formula is C6H11NOS. The van der Waals surface area contributed by atoms with Gasteiger partial charge in [0.15, 0.2) is 0 Å². The van der Waals surface area contributed by atoms with Gasteiger partial charge in [-0.3, -0.25) is 0 Å². The minimum absolute atomic E-state index is 0.409. The molecule has 0 spiro atoms. The summed E-state index contributed by atoms with van der Waals surface area (Å²) in [6.45, 7) is 6.23. The van der Waals surface area contributed by atoms with Crippen molar-refractivity contribution in [2.45, 2.75) is 26.0 Å². The molecule has 0 amide bonds. The molecule has 1 unspecified atom stereocenters. The summed E-state index contributed by atoms with van der Waals surface area (Å²) in [4.78, 5) is 9.62. The number of carbonyl (C=O) groups excluding carboxylic acids is 1. The van der Waals surface area contributed by atoms with Crippen LogP contribution in [0.5, 0.6) is 0 Å². The van der Waals surface area contributed by atoms with Crippen molar-refractivity contribution >= 4 is 18.0 Å². The first-order chi connectivity index (χ1) is 4.18. The highest BCUT2D eigenvalue weighted by Gasteiger charge is 2.05. The van der Waals surface area contributed by atoms with E-state index in [4.69, 9.17) is 0 Å². The number of isocyanates is 1. The van der Waals surface area contributed by atoms with Crippen molar-refractivity contribution in [2.75, 3.05) is 0 Å². The molecule has 0 rings (SSSR count). The fourth-order valence-electron chi connectivity index (χ4n) is 0.226. The van der Waals surface area contributed by atoms with Gasteiger partial charge in [-0.2, -0.15) is 0 Å². The van der Waals surface area contributed by atoms with E-state index in [-0.39, 0.29) is 0 Å². The van der Waals surface area contributed by atoms with E-state index in [1.54, 1.807) is 0 Å². The number of rotatable bonds is 3. The Balaban J connectivity index is 3.49. The second kappa shape index (κ2) is 4.59. The maximum atomic E-state index is 9.62. The summed E-state index contributed by atoms with van der Waals surface area (Å²) in [5.74, 6) is 0.562. The minimum atomic E-state index is 0.409. The molecule has 0 fully saturated rings. The van der Waals surface area contributed by atoms with E-state index < -0.39 is 0 Å². The third-order valence-electron chi connectivity index (χ3n) is 1.20. The number of hydrogen-bond donors (Lipinski definition) is 0. The monoisotopic (exact) mass is 145 g/mol. The molecule has 0 aromatic heterocycles. The van der Waals surface area contributed by atoms with Gasteiger partial charge < -0.3 is 0 Å². The summed E-state index contributed by atoms with van der Waals surface area (Å²) < 4.78 is 3.40. The average Bonchev–Trinajstić information content (AvgIpc) is 1.82. The Morgan fingerprint density at radius 2 is 2.00 bits per heavy atom. The number of hydrogen-bond acceptors (Lipinski definition) is 3. The third kappa shape index (κ3) is 4.25. The highest BCUT2D eigenvalue weighted by molar-refractivity contribution is 7.98. The lowest BCUT2D eigenvalue weighted by Gasteiger charge is -2.08. The molecule has 0 bridgehead atoms. The second-order valence-electron chi connectivity index (χ2n) is 2.24. The van der Waals surface area contributed by atoms with Crippen molar-refractivity contribution in [1.82, 2.24) is 0 Å². The van der Waals surface area contributed by atoms with Crippen LogP contribution in [-0.2, 0) is 4.79 Å². The standard InChI is InChI=1S/C6H11NOS/c1-5(2)6(3)9-7-4-8/h5-6H,1-3H3. The average molecular weight is 145 g/mol. The van der Waals surface area contributed by atoms with Crippen molar-refractivity contribution in [3.63, 3.8) is 0 Å². The lowest BCUT2D eigenvalue weighted by Crippen LogP contribution is -2.03.